The largest absolute Gasteiger partial charge is 0.451 e. The Labute approximate surface area is 218 Å². The highest BCUT2D eigenvalue weighted by Crippen LogP contribution is 2.34. The SMILES string of the molecule is Cc1ccc(-c2nn3c(C)nnc3s2)cc1NC(=S)NC(=O)c1ccc(-c2cccc(Cl)c2Cl)o1. The molecule has 0 spiro atoms. The highest BCUT2D eigenvalue weighted by Gasteiger charge is 2.17. The third kappa shape index (κ3) is 4.65. The molecular weight excluding hydrogens is 527 g/mol. The van der Waals surface area contributed by atoms with Crippen LogP contribution >= 0.6 is 46.8 Å². The van der Waals surface area contributed by atoms with Gasteiger partial charge in [0.15, 0.2) is 16.7 Å². The molecule has 2 N–H and O–H groups in total. The Hall–Kier alpha value is -3.31. The van der Waals surface area contributed by atoms with Gasteiger partial charge in [0.05, 0.1) is 10.0 Å². The molecule has 0 aliphatic carbocycles. The first-order valence-corrected chi connectivity index (χ1v) is 12.2. The number of carbonyl (C=O) groups excluding carboxylic acids is 1. The summed E-state index contributed by atoms with van der Waals surface area (Å²) in [6.07, 6.45) is 0. The first kappa shape index (κ1) is 23.4. The van der Waals surface area contributed by atoms with E-state index >= 15 is 0 Å². The van der Waals surface area contributed by atoms with Crippen LogP contribution in [0.5, 0.6) is 0 Å². The third-order valence-corrected chi connectivity index (χ3v) is 7.12. The quantitative estimate of drug-likeness (QED) is 0.262. The van der Waals surface area contributed by atoms with Gasteiger partial charge in [0.1, 0.15) is 10.8 Å². The molecule has 5 rings (SSSR count). The van der Waals surface area contributed by atoms with Gasteiger partial charge in [-0.15, -0.1) is 10.2 Å². The van der Waals surface area contributed by atoms with E-state index in [4.69, 9.17) is 39.8 Å². The molecule has 5 aromatic rings. The number of aryl methyl sites for hydroxylation is 2. The molecule has 12 heteroatoms. The summed E-state index contributed by atoms with van der Waals surface area (Å²) < 4.78 is 7.39. The van der Waals surface area contributed by atoms with Crippen LogP contribution in [0, 0.1) is 13.8 Å². The van der Waals surface area contributed by atoms with Crippen molar-refractivity contribution in [3.63, 3.8) is 0 Å². The fraction of sp³-hybridized carbons (Fsp3) is 0.0870. The van der Waals surface area contributed by atoms with Gasteiger partial charge < -0.3 is 9.73 Å². The first-order chi connectivity index (χ1) is 16.8. The van der Waals surface area contributed by atoms with E-state index in [-0.39, 0.29) is 10.9 Å². The molecule has 0 unspecified atom stereocenters. The first-order valence-electron chi connectivity index (χ1n) is 10.3. The molecule has 3 aromatic heterocycles. The van der Waals surface area contributed by atoms with Crippen LogP contribution < -0.4 is 10.6 Å². The fourth-order valence-electron chi connectivity index (χ4n) is 3.34. The van der Waals surface area contributed by atoms with E-state index in [0.29, 0.717) is 26.3 Å². The maximum Gasteiger partial charge on any atom is 0.293 e. The highest BCUT2D eigenvalue weighted by atomic mass is 35.5. The number of hydrogen-bond donors (Lipinski definition) is 2. The van der Waals surface area contributed by atoms with Gasteiger partial charge in [0, 0.05) is 16.8 Å². The Morgan fingerprint density at radius 2 is 1.94 bits per heavy atom. The van der Waals surface area contributed by atoms with Crippen molar-refractivity contribution < 1.29 is 9.21 Å². The Kier molecular flexibility index (Phi) is 6.28. The molecule has 3 heterocycles. The third-order valence-electron chi connectivity index (χ3n) is 5.15. The zero-order valence-electron chi connectivity index (χ0n) is 18.3. The monoisotopic (exact) mass is 542 g/mol. The number of aromatic nitrogens is 4. The van der Waals surface area contributed by atoms with Crippen LogP contribution in [0.3, 0.4) is 0 Å². The van der Waals surface area contributed by atoms with E-state index in [2.05, 4.69) is 25.9 Å². The number of amides is 1. The van der Waals surface area contributed by atoms with E-state index < -0.39 is 5.91 Å². The number of nitrogens with one attached hydrogen (secondary N) is 2. The predicted octanol–water partition coefficient (Wildman–Crippen LogP) is 6.16. The topological polar surface area (TPSA) is 97.4 Å². The molecule has 0 saturated heterocycles. The van der Waals surface area contributed by atoms with E-state index in [1.165, 1.54) is 11.3 Å². The van der Waals surface area contributed by atoms with Crippen LogP contribution in [0.15, 0.2) is 52.9 Å². The lowest BCUT2D eigenvalue weighted by Gasteiger charge is -2.12. The lowest BCUT2D eigenvalue weighted by atomic mass is 10.1. The number of anilines is 1. The average Bonchev–Trinajstić information content (AvgIpc) is 3.55. The van der Waals surface area contributed by atoms with E-state index in [1.54, 1.807) is 34.8 Å². The summed E-state index contributed by atoms with van der Waals surface area (Å²) in [5.41, 5.74) is 3.16. The van der Waals surface area contributed by atoms with Crippen LogP contribution in [0.25, 0.3) is 26.9 Å². The van der Waals surface area contributed by atoms with Crippen molar-refractivity contribution in [1.82, 2.24) is 25.1 Å². The number of fused-ring (bicyclic) bond motifs is 1. The Balaban J connectivity index is 1.30. The van der Waals surface area contributed by atoms with Crippen molar-refractivity contribution in [2.24, 2.45) is 0 Å². The lowest BCUT2D eigenvalue weighted by Crippen LogP contribution is -2.34. The number of benzene rings is 2. The molecule has 176 valence electrons. The Morgan fingerprint density at radius 1 is 1.11 bits per heavy atom. The molecule has 0 aliphatic rings. The van der Waals surface area contributed by atoms with Crippen molar-refractivity contribution in [2.75, 3.05) is 5.32 Å². The van der Waals surface area contributed by atoms with Crippen LogP contribution in [0.4, 0.5) is 5.69 Å². The number of carbonyl (C=O) groups is 1. The molecule has 0 atom stereocenters. The van der Waals surface area contributed by atoms with Crippen molar-refractivity contribution >= 4 is 68.4 Å². The van der Waals surface area contributed by atoms with Gasteiger partial charge in [-0.25, -0.2) is 0 Å². The summed E-state index contributed by atoms with van der Waals surface area (Å²) in [7, 11) is 0. The summed E-state index contributed by atoms with van der Waals surface area (Å²) in [5, 5.41) is 20.1. The standard InChI is InChI=1S/C23H16Cl2N6O2S2/c1-11-6-7-13(21-30-31-12(2)28-29-23(31)35-21)10-16(11)26-22(34)27-20(32)18-9-8-17(33-18)14-4-3-5-15(24)19(14)25/h3-10H,1-2H3,(H2,26,27,32,34). The van der Waals surface area contributed by atoms with Crippen LogP contribution in [0.2, 0.25) is 10.0 Å². The molecule has 0 aliphatic heterocycles. The molecule has 2 aromatic carbocycles. The second-order valence-corrected chi connectivity index (χ2v) is 9.70. The molecular formula is C23H16Cl2N6O2S2. The van der Waals surface area contributed by atoms with Crippen molar-refractivity contribution in [2.45, 2.75) is 13.8 Å². The van der Waals surface area contributed by atoms with Gasteiger partial charge in [0.2, 0.25) is 4.96 Å². The molecule has 35 heavy (non-hydrogen) atoms. The van der Waals surface area contributed by atoms with E-state index in [1.807, 2.05) is 32.0 Å². The van der Waals surface area contributed by atoms with Crippen LogP contribution in [-0.2, 0) is 0 Å². The second-order valence-electron chi connectivity index (χ2n) is 7.55. The zero-order valence-corrected chi connectivity index (χ0v) is 21.4. The molecule has 0 fully saturated rings. The lowest BCUT2D eigenvalue weighted by molar-refractivity contribution is 0.0951. The Bertz CT molecular complexity index is 1610. The molecule has 8 nitrogen and oxygen atoms in total. The number of hydrogen-bond acceptors (Lipinski definition) is 7. The summed E-state index contributed by atoms with van der Waals surface area (Å²) >= 11 is 19.1. The second kappa shape index (κ2) is 9.38. The van der Waals surface area contributed by atoms with Crippen molar-refractivity contribution in [3.05, 3.63) is 75.7 Å². The maximum absolute atomic E-state index is 12.7. The number of thiocarbonyl (C=S) groups is 1. The smallest absolute Gasteiger partial charge is 0.293 e. The zero-order chi connectivity index (χ0) is 24.7. The summed E-state index contributed by atoms with van der Waals surface area (Å²) in [4.78, 5) is 13.4. The maximum atomic E-state index is 12.7. The number of halogens is 2. The van der Waals surface area contributed by atoms with Crippen molar-refractivity contribution in [1.29, 1.82) is 0 Å². The van der Waals surface area contributed by atoms with Gasteiger partial charge in [-0.1, -0.05) is 52.7 Å². The van der Waals surface area contributed by atoms with Crippen molar-refractivity contribution in [3.8, 4) is 21.9 Å². The normalized spacial score (nSPS) is 11.1. The summed E-state index contributed by atoms with van der Waals surface area (Å²) in [5.74, 6) is 0.728. The molecule has 1 amide bonds. The minimum Gasteiger partial charge on any atom is -0.451 e. The van der Waals surface area contributed by atoms with Gasteiger partial charge in [0.25, 0.3) is 5.91 Å². The summed E-state index contributed by atoms with van der Waals surface area (Å²) in [6.45, 7) is 3.78. The fourth-order valence-corrected chi connectivity index (χ4v) is 4.82. The Morgan fingerprint density at radius 3 is 2.74 bits per heavy atom. The van der Waals surface area contributed by atoms with Gasteiger partial charge in [-0.2, -0.15) is 9.61 Å². The average molecular weight is 543 g/mol. The minimum absolute atomic E-state index is 0.0841. The van der Waals surface area contributed by atoms with E-state index in [0.717, 1.165) is 27.6 Å². The molecule has 0 saturated carbocycles. The molecule has 0 radical (unpaired) electrons. The minimum atomic E-state index is -0.496. The van der Waals surface area contributed by atoms with Gasteiger partial charge >= 0.3 is 0 Å². The van der Waals surface area contributed by atoms with Gasteiger partial charge in [-0.3, -0.25) is 10.1 Å². The number of rotatable bonds is 4. The van der Waals surface area contributed by atoms with Crippen LogP contribution in [0.1, 0.15) is 21.9 Å². The predicted molar refractivity (Wildman–Crippen MR) is 141 cm³/mol. The van der Waals surface area contributed by atoms with Gasteiger partial charge in [-0.05, 0) is 62.0 Å². The molecule has 0 bridgehead atoms. The highest BCUT2D eigenvalue weighted by molar-refractivity contribution is 7.80. The number of furan rings is 1. The van der Waals surface area contributed by atoms with E-state index in [9.17, 15) is 4.79 Å². The van der Waals surface area contributed by atoms with Crippen LogP contribution in [-0.4, -0.2) is 30.8 Å². The number of nitrogens with zero attached hydrogens (tertiary/aromatic N) is 4. The summed E-state index contributed by atoms with van der Waals surface area (Å²) in [6, 6.07) is 14.2.